The van der Waals surface area contributed by atoms with Crippen molar-refractivity contribution in [1.29, 1.82) is 0 Å². The Bertz CT molecular complexity index is 83.0. The molecule has 0 spiro atoms. The second-order valence-electron chi connectivity index (χ2n) is 2.25. The minimum Gasteiger partial charge on any atom is -0.393 e. The van der Waals surface area contributed by atoms with Crippen molar-refractivity contribution in [3.8, 4) is 0 Å². The first kappa shape index (κ1) is 9.50. The van der Waals surface area contributed by atoms with Crippen LogP contribution in [-0.2, 0) is 0 Å². The fraction of sp³-hybridized carbons (Fsp3) is 1.00. The standard InChI is InChI=1S/C5H10Cl2O2/c1-5(9,3-8)2-4(6)7/h4,8-9H,2-3H2,1H3. The maximum absolute atomic E-state index is 9.07. The fourth-order valence-corrected chi connectivity index (χ4v) is 1.06. The van der Waals surface area contributed by atoms with Crippen LogP contribution in [0.1, 0.15) is 13.3 Å². The lowest BCUT2D eigenvalue weighted by atomic mass is 10.1. The van der Waals surface area contributed by atoms with Crippen LogP contribution in [0.25, 0.3) is 0 Å². The van der Waals surface area contributed by atoms with Gasteiger partial charge in [0.1, 0.15) is 4.84 Å². The van der Waals surface area contributed by atoms with Gasteiger partial charge in [0.25, 0.3) is 0 Å². The lowest BCUT2D eigenvalue weighted by Crippen LogP contribution is -2.30. The van der Waals surface area contributed by atoms with Crippen LogP contribution in [0.2, 0.25) is 0 Å². The highest BCUT2D eigenvalue weighted by Crippen LogP contribution is 2.17. The zero-order valence-corrected chi connectivity index (χ0v) is 6.65. The number of alkyl halides is 2. The first-order valence-electron chi connectivity index (χ1n) is 2.59. The molecule has 0 aromatic rings. The quantitative estimate of drug-likeness (QED) is 0.623. The van der Waals surface area contributed by atoms with Crippen molar-refractivity contribution in [3.05, 3.63) is 0 Å². The minimum absolute atomic E-state index is 0.187. The fourth-order valence-electron chi connectivity index (χ4n) is 0.397. The Kier molecular flexibility index (Phi) is 3.82. The smallest absolute Gasteiger partial charge is 0.110 e. The van der Waals surface area contributed by atoms with E-state index in [9.17, 15) is 0 Å². The van der Waals surface area contributed by atoms with Gasteiger partial charge in [-0.05, 0) is 6.92 Å². The van der Waals surface area contributed by atoms with Crippen molar-refractivity contribution in [2.24, 2.45) is 0 Å². The summed E-state index contributed by atoms with van der Waals surface area (Å²) < 4.78 is 0. The van der Waals surface area contributed by atoms with Crippen LogP contribution < -0.4 is 0 Å². The van der Waals surface area contributed by atoms with Crippen molar-refractivity contribution in [1.82, 2.24) is 0 Å². The summed E-state index contributed by atoms with van der Waals surface area (Å²) in [4.78, 5) is -0.618. The first-order chi connectivity index (χ1) is 3.98. The molecule has 0 aliphatic heterocycles. The Morgan fingerprint density at radius 2 is 2.00 bits per heavy atom. The molecule has 0 saturated carbocycles. The first-order valence-corrected chi connectivity index (χ1v) is 3.46. The van der Waals surface area contributed by atoms with Crippen molar-refractivity contribution in [2.45, 2.75) is 23.8 Å². The van der Waals surface area contributed by atoms with Crippen LogP contribution in [-0.4, -0.2) is 27.3 Å². The predicted octanol–water partition coefficient (Wildman–Crippen LogP) is 0.923. The molecule has 56 valence electrons. The predicted molar refractivity (Wildman–Crippen MR) is 37.8 cm³/mol. The summed E-state index contributed by atoms with van der Waals surface area (Å²) in [5, 5.41) is 17.6. The molecule has 0 bridgehead atoms. The lowest BCUT2D eigenvalue weighted by Gasteiger charge is -2.19. The molecule has 0 aliphatic rings. The lowest BCUT2D eigenvalue weighted by molar-refractivity contribution is -0.00214. The molecule has 2 nitrogen and oxygen atoms in total. The molecule has 0 rings (SSSR count). The zero-order chi connectivity index (χ0) is 7.49. The Morgan fingerprint density at radius 1 is 1.56 bits per heavy atom. The van der Waals surface area contributed by atoms with Gasteiger partial charge in [-0.15, -0.1) is 23.2 Å². The third kappa shape index (κ3) is 4.97. The molecule has 0 radical (unpaired) electrons. The van der Waals surface area contributed by atoms with Gasteiger partial charge >= 0.3 is 0 Å². The number of hydrogen-bond donors (Lipinski definition) is 2. The highest BCUT2D eigenvalue weighted by atomic mass is 35.5. The molecule has 1 unspecified atom stereocenters. The third-order valence-electron chi connectivity index (χ3n) is 0.935. The van der Waals surface area contributed by atoms with Crippen LogP contribution in [0.3, 0.4) is 0 Å². The molecular formula is C5H10Cl2O2. The minimum atomic E-state index is -1.14. The Labute approximate surface area is 64.4 Å². The van der Waals surface area contributed by atoms with E-state index in [1.807, 2.05) is 0 Å². The molecule has 0 fully saturated rings. The summed E-state index contributed by atoms with van der Waals surface area (Å²) in [6, 6.07) is 0. The highest BCUT2D eigenvalue weighted by Gasteiger charge is 2.21. The molecule has 0 saturated heterocycles. The Balaban J connectivity index is 3.58. The SMILES string of the molecule is CC(O)(CO)CC(Cl)Cl. The van der Waals surface area contributed by atoms with E-state index in [0.717, 1.165) is 0 Å². The number of aliphatic hydroxyl groups excluding tert-OH is 1. The third-order valence-corrected chi connectivity index (χ3v) is 1.24. The molecule has 1 atom stereocenters. The van der Waals surface area contributed by atoms with Crippen molar-refractivity contribution >= 4 is 23.2 Å². The number of rotatable bonds is 3. The normalized spacial score (nSPS) is 18.0. The number of aliphatic hydroxyl groups is 2. The van der Waals surface area contributed by atoms with Crippen molar-refractivity contribution < 1.29 is 10.2 Å². The average molecular weight is 173 g/mol. The van der Waals surface area contributed by atoms with E-state index in [-0.39, 0.29) is 13.0 Å². The Hall–Kier alpha value is 0.500. The molecule has 0 aromatic carbocycles. The van der Waals surface area contributed by atoms with Gasteiger partial charge < -0.3 is 10.2 Å². The maximum atomic E-state index is 9.07. The zero-order valence-electron chi connectivity index (χ0n) is 5.14. The molecule has 0 heterocycles. The van der Waals surface area contributed by atoms with Crippen LogP contribution in [0, 0.1) is 0 Å². The van der Waals surface area contributed by atoms with E-state index in [2.05, 4.69) is 0 Å². The van der Waals surface area contributed by atoms with Gasteiger partial charge in [-0.25, -0.2) is 0 Å². The number of halogens is 2. The van der Waals surface area contributed by atoms with E-state index >= 15 is 0 Å². The van der Waals surface area contributed by atoms with Crippen molar-refractivity contribution in [3.63, 3.8) is 0 Å². The van der Waals surface area contributed by atoms with E-state index in [1.165, 1.54) is 6.92 Å². The second-order valence-corrected chi connectivity index (χ2v) is 3.53. The van der Waals surface area contributed by atoms with Gasteiger partial charge in [0.2, 0.25) is 0 Å². The molecule has 9 heavy (non-hydrogen) atoms. The number of hydrogen-bond acceptors (Lipinski definition) is 2. The van der Waals surface area contributed by atoms with Gasteiger partial charge in [-0.2, -0.15) is 0 Å². The van der Waals surface area contributed by atoms with Gasteiger partial charge in [-0.3, -0.25) is 0 Å². The summed E-state index contributed by atoms with van der Waals surface area (Å²) in [5.74, 6) is 0. The Morgan fingerprint density at radius 3 is 2.11 bits per heavy atom. The summed E-state index contributed by atoms with van der Waals surface area (Å²) in [7, 11) is 0. The summed E-state index contributed by atoms with van der Waals surface area (Å²) in [6.45, 7) is 1.16. The van der Waals surface area contributed by atoms with Crippen LogP contribution in [0.5, 0.6) is 0 Å². The topological polar surface area (TPSA) is 40.5 Å². The maximum Gasteiger partial charge on any atom is 0.110 e. The summed E-state index contributed by atoms with van der Waals surface area (Å²) >= 11 is 10.7. The highest BCUT2D eigenvalue weighted by molar-refractivity contribution is 6.44. The molecule has 0 aliphatic carbocycles. The summed E-state index contributed by atoms with van der Waals surface area (Å²) in [6.07, 6.45) is 0.187. The molecule has 0 amide bonds. The van der Waals surface area contributed by atoms with Crippen LogP contribution in [0.15, 0.2) is 0 Å². The largest absolute Gasteiger partial charge is 0.393 e. The van der Waals surface area contributed by atoms with Crippen LogP contribution >= 0.6 is 23.2 Å². The van der Waals surface area contributed by atoms with Gasteiger partial charge in [0, 0.05) is 6.42 Å². The molecule has 0 aromatic heterocycles. The second kappa shape index (κ2) is 3.62. The molecule has 2 N–H and O–H groups in total. The van der Waals surface area contributed by atoms with E-state index < -0.39 is 10.4 Å². The van der Waals surface area contributed by atoms with Gasteiger partial charge in [0.05, 0.1) is 12.2 Å². The summed E-state index contributed by atoms with van der Waals surface area (Å²) in [5.41, 5.74) is -1.14. The monoisotopic (exact) mass is 172 g/mol. The average Bonchev–Trinajstić information content (AvgIpc) is 1.63. The van der Waals surface area contributed by atoms with E-state index in [4.69, 9.17) is 33.4 Å². The molecular weight excluding hydrogens is 163 g/mol. The van der Waals surface area contributed by atoms with Gasteiger partial charge in [-0.1, -0.05) is 0 Å². The van der Waals surface area contributed by atoms with Gasteiger partial charge in [0.15, 0.2) is 0 Å². The molecule has 4 heteroatoms. The van der Waals surface area contributed by atoms with Crippen molar-refractivity contribution in [2.75, 3.05) is 6.61 Å². The van der Waals surface area contributed by atoms with Crippen LogP contribution in [0.4, 0.5) is 0 Å². The van der Waals surface area contributed by atoms with E-state index in [0.29, 0.717) is 0 Å². The van der Waals surface area contributed by atoms with E-state index in [1.54, 1.807) is 0 Å².